The molecule has 0 saturated heterocycles. The fraction of sp³-hybridized carbons (Fsp3) is 0.462. The molecule has 0 spiro atoms. The maximum Gasteiger partial charge on any atom is 0.178 e. The van der Waals surface area contributed by atoms with Gasteiger partial charge in [-0.3, -0.25) is 4.79 Å². The largest absolute Gasteiger partial charge is 0.497 e. The van der Waals surface area contributed by atoms with Gasteiger partial charge in [-0.05, 0) is 18.1 Å². The first-order valence-corrected chi connectivity index (χ1v) is 7.54. The quantitative estimate of drug-likeness (QED) is 0.741. The van der Waals surface area contributed by atoms with Crippen molar-refractivity contribution >= 4 is 15.6 Å². The van der Waals surface area contributed by atoms with E-state index in [9.17, 15) is 13.2 Å². The van der Waals surface area contributed by atoms with Crippen molar-refractivity contribution in [3.05, 3.63) is 29.8 Å². The summed E-state index contributed by atoms with van der Waals surface area (Å²) in [6, 6.07) is 6.52. The number of hydrogen-bond donors (Lipinski definition) is 0. The minimum absolute atomic E-state index is 0.0214. The molecule has 0 aliphatic heterocycles. The van der Waals surface area contributed by atoms with E-state index in [4.69, 9.17) is 4.74 Å². The molecule has 0 bridgehead atoms. The Bertz CT molecular complexity index is 518. The molecule has 18 heavy (non-hydrogen) atoms. The molecule has 0 heterocycles. The minimum atomic E-state index is -3.34. The summed E-state index contributed by atoms with van der Waals surface area (Å²) < 4.78 is 28.5. The van der Waals surface area contributed by atoms with Crippen molar-refractivity contribution in [3.63, 3.8) is 0 Å². The summed E-state index contributed by atoms with van der Waals surface area (Å²) >= 11 is 0. The van der Waals surface area contributed by atoms with Crippen molar-refractivity contribution < 1.29 is 17.9 Å². The topological polar surface area (TPSA) is 60.4 Å². The Morgan fingerprint density at radius 1 is 1.33 bits per heavy atom. The molecule has 0 N–H and O–H groups in total. The van der Waals surface area contributed by atoms with E-state index in [2.05, 4.69) is 0 Å². The van der Waals surface area contributed by atoms with E-state index in [-0.39, 0.29) is 11.7 Å². The van der Waals surface area contributed by atoms with Crippen LogP contribution in [-0.4, -0.2) is 32.8 Å². The lowest BCUT2D eigenvalue weighted by Gasteiger charge is -2.07. The van der Waals surface area contributed by atoms with Crippen LogP contribution in [0.25, 0.3) is 0 Å². The molecule has 0 aromatic heterocycles. The van der Waals surface area contributed by atoms with E-state index in [0.29, 0.717) is 11.3 Å². The second-order valence-corrected chi connectivity index (χ2v) is 6.71. The van der Waals surface area contributed by atoms with E-state index >= 15 is 0 Å². The molecule has 1 rings (SSSR count). The van der Waals surface area contributed by atoms with Crippen molar-refractivity contribution in [2.75, 3.05) is 18.6 Å². The lowest BCUT2D eigenvalue weighted by molar-refractivity contribution is 0.102. The van der Waals surface area contributed by atoms with Gasteiger partial charge in [-0.1, -0.05) is 26.0 Å². The number of ether oxygens (including phenoxy) is 1. The maximum atomic E-state index is 11.9. The monoisotopic (exact) mass is 270 g/mol. The third-order valence-corrected chi connectivity index (χ3v) is 4.21. The van der Waals surface area contributed by atoms with Gasteiger partial charge in [0.1, 0.15) is 11.5 Å². The van der Waals surface area contributed by atoms with Crippen molar-refractivity contribution in [2.24, 2.45) is 5.92 Å². The molecular formula is C13H18O4S. The second-order valence-electron chi connectivity index (χ2n) is 4.60. The van der Waals surface area contributed by atoms with Gasteiger partial charge in [0.25, 0.3) is 0 Å². The van der Waals surface area contributed by atoms with Gasteiger partial charge in [-0.2, -0.15) is 0 Å². The third-order valence-electron chi connectivity index (χ3n) is 2.33. The van der Waals surface area contributed by atoms with Gasteiger partial charge in [0, 0.05) is 5.56 Å². The molecule has 0 saturated carbocycles. The molecule has 100 valence electrons. The van der Waals surface area contributed by atoms with Gasteiger partial charge < -0.3 is 4.74 Å². The number of carbonyl (C=O) groups excluding carboxylic acids is 1. The highest BCUT2D eigenvalue weighted by Crippen LogP contribution is 2.14. The highest BCUT2D eigenvalue weighted by atomic mass is 32.2. The summed E-state index contributed by atoms with van der Waals surface area (Å²) in [6.07, 6.45) is 0. The Labute approximate surface area is 108 Å². The van der Waals surface area contributed by atoms with E-state index in [0.717, 1.165) is 0 Å². The van der Waals surface area contributed by atoms with Crippen LogP contribution >= 0.6 is 0 Å². The first kappa shape index (κ1) is 14.7. The van der Waals surface area contributed by atoms with Crippen LogP contribution in [0.5, 0.6) is 5.75 Å². The van der Waals surface area contributed by atoms with Crippen molar-refractivity contribution in [1.29, 1.82) is 0 Å². The summed E-state index contributed by atoms with van der Waals surface area (Å²) in [5.74, 6) is -0.245. The highest BCUT2D eigenvalue weighted by molar-refractivity contribution is 7.92. The molecule has 4 nitrogen and oxygen atoms in total. The zero-order chi connectivity index (χ0) is 13.8. The van der Waals surface area contributed by atoms with Gasteiger partial charge >= 0.3 is 0 Å². The molecule has 1 aromatic carbocycles. The number of sulfone groups is 1. The van der Waals surface area contributed by atoms with Gasteiger partial charge in [-0.15, -0.1) is 0 Å². The summed E-state index contributed by atoms with van der Waals surface area (Å²) in [5.41, 5.74) is 0.363. The summed E-state index contributed by atoms with van der Waals surface area (Å²) in [4.78, 5) is 11.9. The Kier molecular flexibility index (Phi) is 4.90. The Hall–Kier alpha value is -1.36. The maximum absolute atomic E-state index is 11.9. The minimum Gasteiger partial charge on any atom is -0.497 e. The average Bonchev–Trinajstić information content (AvgIpc) is 2.26. The molecule has 0 radical (unpaired) electrons. The molecular weight excluding hydrogens is 252 g/mol. The fourth-order valence-electron chi connectivity index (χ4n) is 1.65. The van der Waals surface area contributed by atoms with Crippen LogP contribution in [0.4, 0.5) is 0 Å². The predicted octanol–water partition coefficient (Wildman–Crippen LogP) is 1.95. The second kappa shape index (κ2) is 6.00. The van der Waals surface area contributed by atoms with E-state index in [1.54, 1.807) is 24.3 Å². The number of carbonyl (C=O) groups is 1. The van der Waals surface area contributed by atoms with Crippen molar-refractivity contribution in [2.45, 2.75) is 13.8 Å². The summed E-state index contributed by atoms with van der Waals surface area (Å²) in [7, 11) is -1.84. The average molecular weight is 270 g/mol. The molecule has 0 amide bonds. The van der Waals surface area contributed by atoms with Gasteiger partial charge in [-0.25, -0.2) is 8.42 Å². The van der Waals surface area contributed by atoms with Crippen LogP contribution in [0.3, 0.4) is 0 Å². The van der Waals surface area contributed by atoms with Crippen LogP contribution in [0.2, 0.25) is 0 Å². The number of Topliss-reactive ketones (excluding diaryl/α,β-unsaturated/α-hetero) is 1. The van der Waals surface area contributed by atoms with E-state index < -0.39 is 21.4 Å². The van der Waals surface area contributed by atoms with Crippen LogP contribution in [-0.2, 0) is 9.84 Å². The number of ketones is 1. The molecule has 1 aromatic rings. The summed E-state index contributed by atoms with van der Waals surface area (Å²) in [6.45, 7) is 3.63. The van der Waals surface area contributed by atoms with Crippen molar-refractivity contribution in [3.8, 4) is 5.75 Å². The number of hydrogen-bond acceptors (Lipinski definition) is 4. The number of rotatable bonds is 6. The highest BCUT2D eigenvalue weighted by Gasteiger charge is 2.19. The zero-order valence-electron chi connectivity index (χ0n) is 10.8. The molecule has 0 atom stereocenters. The van der Waals surface area contributed by atoms with Crippen LogP contribution in [0, 0.1) is 5.92 Å². The van der Waals surface area contributed by atoms with Gasteiger partial charge in [0.15, 0.2) is 15.6 Å². The lowest BCUT2D eigenvalue weighted by Crippen LogP contribution is -2.21. The molecule has 0 fully saturated rings. The van der Waals surface area contributed by atoms with E-state index in [1.165, 1.54) is 7.11 Å². The zero-order valence-corrected chi connectivity index (χ0v) is 11.7. The Morgan fingerprint density at radius 2 is 2.00 bits per heavy atom. The predicted molar refractivity (Wildman–Crippen MR) is 70.8 cm³/mol. The van der Waals surface area contributed by atoms with Gasteiger partial charge in [0.05, 0.1) is 12.9 Å². The smallest absolute Gasteiger partial charge is 0.178 e. The SMILES string of the molecule is COc1cccc(C(=O)CS(=O)(=O)CC(C)C)c1. The van der Waals surface area contributed by atoms with E-state index in [1.807, 2.05) is 13.8 Å². The normalized spacial score (nSPS) is 11.6. The Morgan fingerprint density at radius 3 is 2.56 bits per heavy atom. The molecule has 5 heteroatoms. The first-order valence-electron chi connectivity index (χ1n) is 5.72. The fourth-order valence-corrected chi connectivity index (χ4v) is 3.35. The number of benzene rings is 1. The summed E-state index contributed by atoms with van der Waals surface area (Å²) in [5, 5.41) is 0. The van der Waals surface area contributed by atoms with Crippen molar-refractivity contribution in [1.82, 2.24) is 0 Å². The van der Waals surface area contributed by atoms with Crippen LogP contribution in [0.1, 0.15) is 24.2 Å². The third kappa shape index (κ3) is 4.49. The Balaban J connectivity index is 2.82. The lowest BCUT2D eigenvalue weighted by atomic mass is 10.1. The molecule has 0 aliphatic rings. The number of methoxy groups -OCH3 is 1. The molecule has 0 unspecified atom stereocenters. The molecule has 0 aliphatic carbocycles. The first-order chi connectivity index (χ1) is 8.34. The van der Waals surface area contributed by atoms with Crippen LogP contribution in [0.15, 0.2) is 24.3 Å². The van der Waals surface area contributed by atoms with Gasteiger partial charge in [0.2, 0.25) is 0 Å². The van der Waals surface area contributed by atoms with Crippen LogP contribution < -0.4 is 4.74 Å². The standard InChI is InChI=1S/C13H18O4S/c1-10(2)8-18(15,16)9-13(14)11-5-4-6-12(7-11)17-3/h4-7,10H,8-9H2,1-3H3.